The second-order valence-electron chi connectivity index (χ2n) is 7.18. The molecular formula is C23H24N2O6. The Bertz CT molecular complexity index is 1160. The number of carbonyl (C=O) groups is 1. The molecule has 1 amide bonds. The molecule has 31 heavy (non-hydrogen) atoms. The van der Waals surface area contributed by atoms with Crippen molar-refractivity contribution in [2.45, 2.75) is 18.9 Å². The van der Waals surface area contributed by atoms with Gasteiger partial charge in [0, 0.05) is 30.7 Å². The highest BCUT2D eigenvalue weighted by Crippen LogP contribution is 2.31. The maximum Gasteiger partial charge on any atom is 0.256 e. The van der Waals surface area contributed by atoms with Crippen molar-refractivity contribution >= 4 is 22.6 Å². The van der Waals surface area contributed by atoms with E-state index in [1.54, 1.807) is 37.4 Å². The molecule has 0 aliphatic carbocycles. The van der Waals surface area contributed by atoms with Gasteiger partial charge in [-0.1, -0.05) is 0 Å². The van der Waals surface area contributed by atoms with E-state index in [9.17, 15) is 9.90 Å². The summed E-state index contributed by atoms with van der Waals surface area (Å²) in [5.41, 5.74) is 1.25. The van der Waals surface area contributed by atoms with Crippen LogP contribution in [0.25, 0.3) is 11.0 Å². The number of nitrogens with zero attached hydrogens (tertiary/aromatic N) is 1. The van der Waals surface area contributed by atoms with Crippen molar-refractivity contribution in [3.05, 3.63) is 53.6 Å². The normalized spacial score (nSPS) is 16.5. The molecule has 4 rings (SSSR count). The second-order valence-corrected chi connectivity index (χ2v) is 7.18. The fraction of sp³-hybridized carbons (Fsp3) is 0.304. The minimum Gasteiger partial charge on any atom is -0.508 e. The maximum atomic E-state index is 13.0. The first kappa shape index (κ1) is 20.7. The molecule has 1 aliphatic rings. The van der Waals surface area contributed by atoms with Crippen LogP contribution in [0.2, 0.25) is 0 Å². The molecule has 1 fully saturated rings. The summed E-state index contributed by atoms with van der Waals surface area (Å²) in [5, 5.41) is 13.4. The first-order chi connectivity index (χ1) is 15.1. The predicted molar refractivity (Wildman–Crippen MR) is 114 cm³/mol. The van der Waals surface area contributed by atoms with E-state index >= 15 is 0 Å². The Morgan fingerprint density at radius 2 is 2.06 bits per heavy atom. The van der Waals surface area contributed by atoms with Gasteiger partial charge < -0.3 is 29.1 Å². The Labute approximate surface area is 179 Å². The number of fused-ring (bicyclic) bond motifs is 1. The van der Waals surface area contributed by atoms with Crippen molar-refractivity contribution in [2.24, 2.45) is 4.99 Å². The van der Waals surface area contributed by atoms with Crippen molar-refractivity contribution in [3.63, 3.8) is 0 Å². The first-order valence-corrected chi connectivity index (χ1v) is 10.0. The van der Waals surface area contributed by atoms with Crippen LogP contribution in [0.5, 0.6) is 17.2 Å². The van der Waals surface area contributed by atoms with E-state index in [1.807, 2.05) is 0 Å². The molecule has 162 valence electrons. The highest BCUT2D eigenvalue weighted by molar-refractivity contribution is 5.96. The molecule has 1 aromatic heterocycles. The third kappa shape index (κ3) is 4.64. The van der Waals surface area contributed by atoms with Gasteiger partial charge in [0.05, 0.1) is 20.3 Å². The van der Waals surface area contributed by atoms with Gasteiger partial charge in [-0.3, -0.25) is 4.79 Å². The number of phenolic OH excluding ortho intramolecular Hbond substituents is 1. The summed E-state index contributed by atoms with van der Waals surface area (Å²) in [4.78, 5) is 17.5. The van der Waals surface area contributed by atoms with Crippen molar-refractivity contribution in [1.29, 1.82) is 0 Å². The van der Waals surface area contributed by atoms with E-state index < -0.39 is 0 Å². The summed E-state index contributed by atoms with van der Waals surface area (Å²) in [6, 6.07) is 11.5. The Kier molecular flexibility index (Phi) is 6.08. The summed E-state index contributed by atoms with van der Waals surface area (Å²) in [5.74, 6) is 0.822. The zero-order valence-electron chi connectivity index (χ0n) is 17.4. The van der Waals surface area contributed by atoms with Crippen LogP contribution in [0, 0.1) is 0 Å². The van der Waals surface area contributed by atoms with E-state index in [2.05, 4.69) is 10.3 Å². The highest BCUT2D eigenvalue weighted by Gasteiger charge is 2.19. The topological polar surface area (TPSA) is 103 Å². The largest absolute Gasteiger partial charge is 0.508 e. The molecule has 0 radical (unpaired) electrons. The average Bonchev–Trinajstić information content (AvgIpc) is 3.31. The van der Waals surface area contributed by atoms with Gasteiger partial charge >= 0.3 is 0 Å². The quantitative estimate of drug-likeness (QED) is 0.630. The van der Waals surface area contributed by atoms with E-state index in [1.165, 1.54) is 19.2 Å². The molecule has 1 atom stereocenters. The summed E-state index contributed by atoms with van der Waals surface area (Å²) in [6.07, 6.45) is 1.93. The lowest BCUT2D eigenvalue weighted by Gasteiger charge is -2.11. The van der Waals surface area contributed by atoms with E-state index in [0.717, 1.165) is 12.8 Å². The van der Waals surface area contributed by atoms with Crippen LogP contribution in [0.15, 0.2) is 51.9 Å². The molecule has 0 bridgehead atoms. The summed E-state index contributed by atoms with van der Waals surface area (Å²) >= 11 is 0. The van der Waals surface area contributed by atoms with E-state index in [-0.39, 0.29) is 28.9 Å². The lowest BCUT2D eigenvalue weighted by molar-refractivity contribution is 0.0854. The fourth-order valence-corrected chi connectivity index (χ4v) is 3.45. The first-order valence-electron chi connectivity index (χ1n) is 10.0. The minimum absolute atomic E-state index is 0.0142. The van der Waals surface area contributed by atoms with Gasteiger partial charge in [-0.15, -0.1) is 0 Å². The summed E-state index contributed by atoms with van der Waals surface area (Å²) in [6.45, 7) is 1.13. The number of amides is 1. The van der Waals surface area contributed by atoms with Gasteiger partial charge in [0.1, 0.15) is 34.1 Å². The molecule has 8 nitrogen and oxygen atoms in total. The predicted octanol–water partition coefficient (Wildman–Crippen LogP) is 3.30. The van der Waals surface area contributed by atoms with Gasteiger partial charge in [-0.05, 0) is 43.2 Å². The van der Waals surface area contributed by atoms with Gasteiger partial charge in [-0.2, -0.15) is 0 Å². The molecular weight excluding hydrogens is 400 g/mol. The molecule has 3 aromatic rings. The zero-order chi connectivity index (χ0) is 21.8. The molecule has 0 unspecified atom stereocenters. The third-order valence-corrected chi connectivity index (χ3v) is 5.10. The van der Waals surface area contributed by atoms with Crippen molar-refractivity contribution < 1.29 is 28.5 Å². The summed E-state index contributed by atoms with van der Waals surface area (Å²) < 4.78 is 22.1. The SMILES string of the molecule is COc1ccc(N=c2oc3cc(O)ccc3cc2C(=O)NC[C@H]2CCCO2)c(OC)c1. The molecule has 2 aromatic carbocycles. The number of methoxy groups -OCH3 is 2. The molecule has 1 saturated heterocycles. The third-order valence-electron chi connectivity index (χ3n) is 5.10. The van der Waals surface area contributed by atoms with Gasteiger partial charge in [0.25, 0.3) is 5.91 Å². The summed E-state index contributed by atoms with van der Waals surface area (Å²) in [7, 11) is 3.09. The van der Waals surface area contributed by atoms with Crippen LogP contribution in [0.3, 0.4) is 0 Å². The van der Waals surface area contributed by atoms with Crippen LogP contribution < -0.4 is 20.3 Å². The highest BCUT2D eigenvalue weighted by atomic mass is 16.5. The Morgan fingerprint density at radius 1 is 1.19 bits per heavy atom. The number of ether oxygens (including phenoxy) is 3. The number of hydrogen-bond donors (Lipinski definition) is 2. The molecule has 0 saturated carbocycles. The Hall–Kier alpha value is -3.52. The second kappa shape index (κ2) is 9.09. The van der Waals surface area contributed by atoms with E-state index in [0.29, 0.717) is 41.3 Å². The van der Waals surface area contributed by atoms with Crippen molar-refractivity contribution in [2.75, 3.05) is 27.4 Å². The average molecular weight is 424 g/mol. The van der Waals surface area contributed by atoms with Gasteiger partial charge in [0.2, 0.25) is 5.55 Å². The van der Waals surface area contributed by atoms with Crippen LogP contribution in [0.4, 0.5) is 5.69 Å². The van der Waals surface area contributed by atoms with E-state index in [4.69, 9.17) is 18.6 Å². The fourth-order valence-electron chi connectivity index (χ4n) is 3.45. The number of rotatable bonds is 6. The number of aromatic hydroxyl groups is 1. The molecule has 2 heterocycles. The molecule has 1 aliphatic heterocycles. The number of carbonyl (C=O) groups excluding carboxylic acids is 1. The standard InChI is InChI=1S/C23H24N2O6/c1-28-16-7-8-19(21(12-16)29-2)25-23-18(22(27)24-13-17-4-3-9-30-17)10-14-5-6-15(26)11-20(14)31-23/h5-8,10-12,17,26H,3-4,9,13H2,1-2H3,(H,24,27)/t17-/m1/s1. The Morgan fingerprint density at radius 3 is 2.81 bits per heavy atom. The lowest BCUT2D eigenvalue weighted by atomic mass is 10.1. The maximum absolute atomic E-state index is 13.0. The number of hydrogen-bond acceptors (Lipinski definition) is 7. The number of nitrogens with one attached hydrogen (secondary N) is 1. The minimum atomic E-state index is -0.319. The number of benzene rings is 2. The smallest absolute Gasteiger partial charge is 0.256 e. The van der Waals surface area contributed by atoms with Gasteiger partial charge in [-0.25, -0.2) is 4.99 Å². The van der Waals surface area contributed by atoms with Crippen molar-refractivity contribution in [3.8, 4) is 17.2 Å². The van der Waals surface area contributed by atoms with Gasteiger partial charge in [0.15, 0.2) is 0 Å². The van der Waals surface area contributed by atoms with Crippen LogP contribution in [-0.4, -0.2) is 44.5 Å². The molecule has 0 spiro atoms. The van der Waals surface area contributed by atoms with Crippen molar-refractivity contribution in [1.82, 2.24) is 5.32 Å². The van der Waals surface area contributed by atoms with Crippen LogP contribution in [0.1, 0.15) is 23.2 Å². The Balaban J connectivity index is 1.79. The monoisotopic (exact) mass is 424 g/mol. The zero-order valence-corrected chi connectivity index (χ0v) is 17.4. The number of phenols is 1. The molecule has 8 heteroatoms. The van der Waals surface area contributed by atoms with Crippen LogP contribution >= 0.6 is 0 Å². The lowest BCUT2D eigenvalue weighted by Crippen LogP contribution is -2.34. The van der Waals surface area contributed by atoms with Crippen LogP contribution in [-0.2, 0) is 4.74 Å². The molecule has 2 N–H and O–H groups in total.